The second-order valence-electron chi connectivity index (χ2n) is 7.16. The van der Waals surface area contributed by atoms with Gasteiger partial charge in [-0.25, -0.2) is 8.42 Å². The fraction of sp³-hybridized carbons (Fsp3) is 0.208. The fourth-order valence-electron chi connectivity index (χ4n) is 3.20. The van der Waals surface area contributed by atoms with E-state index >= 15 is 0 Å². The predicted octanol–water partition coefficient (Wildman–Crippen LogP) is 5.43. The van der Waals surface area contributed by atoms with Crippen molar-refractivity contribution in [1.29, 1.82) is 0 Å². The largest absolute Gasteiger partial charge is 0.483 e. The van der Waals surface area contributed by atoms with Gasteiger partial charge in [0, 0.05) is 4.47 Å². The third-order valence-corrected chi connectivity index (χ3v) is 7.09. The molecule has 0 aromatic heterocycles. The molecule has 0 aliphatic carbocycles. The molecular formula is C24H24BrNO4S. The van der Waals surface area contributed by atoms with Crippen LogP contribution in [-0.4, -0.2) is 20.9 Å². The molecule has 0 atom stereocenters. The Labute approximate surface area is 191 Å². The third-order valence-electron chi connectivity index (χ3n) is 4.85. The Morgan fingerprint density at radius 1 is 1.00 bits per heavy atom. The van der Waals surface area contributed by atoms with Crippen LogP contribution >= 0.6 is 15.9 Å². The van der Waals surface area contributed by atoms with E-state index in [1.807, 2.05) is 32.0 Å². The smallest absolute Gasteiger partial charge is 0.278 e. The highest BCUT2D eigenvalue weighted by Gasteiger charge is 2.32. The molecule has 0 saturated heterocycles. The van der Waals surface area contributed by atoms with E-state index in [9.17, 15) is 13.2 Å². The summed E-state index contributed by atoms with van der Waals surface area (Å²) in [4.78, 5) is 13.3. The minimum absolute atomic E-state index is 0.0437. The van der Waals surface area contributed by atoms with Crippen LogP contribution in [0.25, 0.3) is 0 Å². The van der Waals surface area contributed by atoms with Crippen LogP contribution in [0.3, 0.4) is 0 Å². The number of sulfonamides is 1. The van der Waals surface area contributed by atoms with Crippen LogP contribution in [0.15, 0.2) is 76.1 Å². The summed E-state index contributed by atoms with van der Waals surface area (Å²) in [6.07, 6.45) is 0.714. The number of nitrogens with zero attached hydrogens (tertiary/aromatic N) is 1. The molecule has 3 rings (SSSR count). The zero-order valence-corrected chi connectivity index (χ0v) is 20.0. The maximum absolute atomic E-state index is 13.5. The summed E-state index contributed by atoms with van der Waals surface area (Å²) >= 11 is 3.43. The second-order valence-corrected chi connectivity index (χ2v) is 9.86. The molecule has 0 bridgehead atoms. The molecule has 1 amide bonds. The van der Waals surface area contributed by atoms with Crippen molar-refractivity contribution in [2.45, 2.75) is 32.1 Å². The summed E-state index contributed by atoms with van der Waals surface area (Å²) in [5, 5.41) is 0. The van der Waals surface area contributed by atoms with E-state index in [2.05, 4.69) is 15.9 Å². The van der Waals surface area contributed by atoms with Crippen molar-refractivity contribution in [1.82, 2.24) is 0 Å². The van der Waals surface area contributed by atoms with Crippen molar-refractivity contribution in [2.24, 2.45) is 0 Å². The van der Waals surface area contributed by atoms with Crippen molar-refractivity contribution in [3.8, 4) is 5.75 Å². The average Bonchev–Trinajstić information content (AvgIpc) is 2.75. The van der Waals surface area contributed by atoms with Gasteiger partial charge in [-0.15, -0.1) is 0 Å². The quantitative estimate of drug-likeness (QED) is 0.432. The Balaban J connectivity index is 2.01. The van der Waals surface area contributed by atoms with Gasteiger partial charge in [0.05, 0.1) is 10.6 Å². The van der Waals surface area contributed by atoms with Gasteiger partial charge in [0.1, 0.15) is 5.75 Å². The minimum Gasteiger partial charge on any atom is -0.483 e. The second kappa shape index (κ2) is 9.66. The number of halogens is 1. The Hall–Kier alpha value is -2.64. The average molecular weight is 502 g/mol. The minimum atomic E-state index is -4.12. The van der Waals surface area contributed by atoms with Crippen LogP contribution in [0.4, 0.5) is 5.69 Å². The molecule has 0 aliphatic heterocycles. The van der Waals surface area contributed by atoms with Crippen LogP contribution in [0.1, 0.15) is 23.6 Å². The Morgan fingerprint density at radius 2 is 1.71 bits per heavy atom. The van der Waals surface area contributed by atoms with E-state index in [1.165, 1.54) is 12.1 Å². The van der Waals surface area contributed by atoms with Gasteiger partial charge in [-0.2, -0.15) is 4.31 Å². The van der Waals surface area contributed by atoms with Crippen molar-refractivity contribution >= 4 is 37.5 Å². The van der Waals surface area contributed by atoms with E-state index in [1.54, 1.807) is 43.3 Å². The zero-order valence-electron chi connectivity index (χ0n) is 17.6. The first-order chi connectivity index (χ1) is 14.7. The molecule has 7 heteroatoms. The van der Waals surface area contributed by atoms with E-state index in [0.29, 0.717) is 23.4 Å². The molecule has 0 aliphatic rings. The lowest BCUT2D eigenvalue weighted by molar-refractivity contribution is -0.119. The number of rotatable bonds is 7. The number of benzene rings is 3. The van der Waals surface area contributed by atoms with E-state index in [-0.39, 0.29) is 4.90 Å². The summed E-state index contributed by atoms with van der Waals surface area (Å²) < 4.78 is 34.5. The molecule has 3 aromatic carbocycles. The number of hydrogen-bond acceptors (Lipinski definition) is 4. The summed E-state index contributed by atoms with van der Waals surface area (Å²) in [6, 6.07) is 18.8. The zero-order chi connectivity index (χ0) is 22.6. The molecule has 0 radical (unpaired) electrons. The maximum Gasteiger partial charge on any atom is 0.278 e. The first kappa shape index (κ1) is 23.0. The van der Waals surface area contributed by atoms with Gasteiger partial charge >= 0.3 is 0 Å². The van der Waals surface area contributed by atoms with Gasteiger partial charge in [0.15, 0.2) is 6.61 Å². The molecule has 0 heterocycles. The molecule has 162 valence electrons. The van der Waals surface area contributed by atoms with Gasteiger partial charge in [-0.3, -0.25) is 4.79 Å². The van der Waals surface area contributed by atoms with Crippen LogP contribution in [0.2, 0.25) is 0 Å². The van der Waals surface area contributed by atoms with Gasteiger partial charge < -0.3 is 4.74 Å². The van der Waals surface area contributed by atoms with Gasteiger partial charge in [0.25, 0.3) is 15.9 Å². The van der Waals surface area contributed by atoms with E-state index in [0.717, 1.165) is 19.9 Å². The van der Waals surface area contributed by atoms with Gasteiger partial charge in [0.2, 0.25) is 0 Å². The summed E-state index contributed by atoms with van der Waals surface area (Å²) in [7, 11) is -4.12. The lowest BCUT2D eigenvalue weighted by Crippen LogP contribution is -2.40. The molecule has 3 aromatic rings. The highest BCUT2D eigenvalue weighted by Crippen LogP contribution is 2.29. The summed E-state index contributed by atoms with van der Waals surface area (Å²) in [5.74, 6) is -0.111. The van der Waals surface area contributed by atoms with Crippen LogP contribution in [0, 0.1) is 13.8 Å². The van der Waals surface area contributed by atoms with E-state index in [4.69, 9.17) is 4.74 Å². The lowest BCUT2D eigenvalue weighted by atomic mass is 10.1. The number of anilines is 1. The predicted molar refractivity (Wildman–Crippen MR) is 126 cm³/mol. The monoisotopic (exact) mass is 501 g/mol. The first-order valence-corrected chi connectivity index (χ1v) is 12.1. The standard InChI is InChI=1S/C24H24BrNO4S/c1-4-19-15-20(25)12-13-23(19)30-16-24(27)26(22-14-17(2)10-11-18(22)3)31(28,29)21-8-6-5-7-9-21/h5-15H,4,16H2,1-3H3. The SMILES string of the molecule is CCc1cc(Br)ccc1OCC(=O)N(c1cc(C)ccc1C)S(=O)(=O)c1ccccc1. The molecule has 0 unspecified atom stereocenters. The Kier molecular flexibility index (Phi) is 7.18. The van der Waals surface area contributed by atoms with Crippen molar-refractivity contribution in [3.05, 3.63) is 87.9 Å². The first-order valence-electron chi connectivity index (χ1n) is 9.85. The van der Waals surface area contributed by atoms with Crippen LogP contribution < -0.4 is 9.04 Å². The van der Waals surface area contributed by atoms with Crippen molar-refractivity contribution < 1.29 is 17.9 Å². The topological polar surface area (TPSA) is 63.7 Å². The van der Waals surface area contributed by atoms with Crippen LogP contribution in [-0.2, 0) is 21.2 Å². The molecule has 5 nitrogen and oxygen atoms in total. The third kappa shape index (κ3) is 5.17. The highest BCUT2D eigenvalue weighted by atomic mass is 79.9. The molecular weight excluding hydrogens is 478 g/mol. The van der Waals surface area contributed by atoms with Gasteiger partial charge in [-0.05, 0) is 73.4 Å². The molecule has 0 saturated carbocycles. The normalized spacial score (nSPS) is 11.2. The molecule has 0 N–H and O–H groups in total. The fourth-order valence-corrected chi connectivity index (χ4v) is 5.09. The van der Waals surface area contributed by atoms with Crippen LogP contribution in [0.5, 0.6) is 5.75 Å². The molecule has 31 heavy (non-hydrogen) atoms. The Bertz CT molecular complexity index is 1190. The summed E-state index contributed by atoms with van der Waals surface area (Å²) in [6.45, 7) is 5.21. The number of carbonyl (C=O) groups is 1. The lowest BCUT2D eigenvalue weighted by Gasteiger charge is -2.25. The van der Waals surface area contributed by atoms with E-state index < -0.39 is 22.5 Å². The van der Waals surface area contributed by atoms with Crippen molar-refractivity contribution in [2.75, 3.05) is 10.9 Å². The highest BCUT2D eigenvalue weighted by molar-refractivity contribution is 9.10. The number of aryl methyl sites for hydroxylation is 3. The maximum atomic E-state index is 13.5. The van der Waals surface area contributed by atoms with Gasteiger partial charge in [-0.1, -0.05) is 53.2 Å². The molecule has 0 fully saturated rings. The number of amides is 1. The Morgan fingerprint density at radius 3 is 2.39 bits per heavy atom. The number of ether oxygens (including phenoxy) is 1. The van der Waals surface area contributed by atoms with Crippen molar-refractivity contribution in [3.63, 3.8) is 0 Å². The number of carbonyl (C=O) groups excluding carboxylic acids is 1. The summed E-state index contributed by atoms with van der Waals surface area (Å²) in [5.41, 5.74) is 2.77. The molecule has 0 spiro atoms. The number of hydrogen-bond donors (Lipinski definition) is 0.